The highest BCUT2D eigenvalue weighted by Crippen LogP contribution is 2.51. The van der Waals surface area contributed by atoms with Gasteiger partial charge in [0.05, 0.1) is 37.0 Å². The quantitative estimate of drug-likeness (QED) is 0.169. The van der Waals surface area contributed by atoms with E-state index >= 15 is 0 Å². The normalized spacial score (nSPS) is 12.2. The molecule has 5 heteroatoms. The number of fused-ring (bicyclic) bond motifs is 18. The zero-order valence-electron chi connectivity index (χ0n) is 30.5. The molecular weight excluding hydrogens is 713 g/mol. The molecule has 4 heterocycles. The van der Waals surface area contributed by atoms with Gasteiger partial charge in [-0.05, 0) is 85.9 Å². The summed E-state index contributed by atoms with van der Waals surface area (Å²) >= 11 is 1.79. The summed E-state index contributed by atoms with van der Waals surface area (Å²) < 4.78 is 7.26. The first-order chi connectivity index (χ1) is 28.3. The van der Waals surface area contributed by atoms with Gasteiger partial charge in [-0.25, -0.2) is 9.97 Å². The number of rotatable bonds is 3. The van der Waals surface area contributed by atoms with Gasteiger partial charge in [0.15, 0.2) is 0 Å². The third kappa shape index (κ3) is 4.21. The van der Waals surface area contributed by atoms with Gasteiger partial charge in [-0.2, -0.15) is 0 Å². The van der Waals surface area contributed by atoms with Crippen molar-refractivity contribution in [1.82, 2.24) is 19.1 Å². The van der Waals surface area contributed by atoms with Crippen molar-refractivity contribution in [3.8, 4) is 22.5 Å². The smallest absolute Gasteiger partial charge is 0.116 e. The fraction of sp³-hybridized carbons (Fsp3) is 0. The molecule has 264 valence electrons. The Morgan fingerprint density at radius 1 is 0.404 bits per heavy atom. The second-order valence-corrected chi connectivity index (χ2v) is 16.0. The molecule has 13 rings (SSSR count). The lowest BCUT2D eigenvalue weighted by Gasteiger charge is -2.14. The molecule has 9 aromatic carbocycles. The zero-order chi connectivity index (χ0) is 37.2. The minimum atomic E-state index is 0.995. The first-order valence-electron chi connectivity index (χ1n) is 19.3. The Morgan fingerprint density at radius 2 is 0.965 bits per heavy atom. The second kappa shape index (κ2) is 11.6. The Labute approximate surface area is 330 Å². The molecule has 0 aliphatic heterocycles. The number of benzene rings is 9. The lowest BCUT2D eigenvalue weighted by molar-refractivity contribution is 1.18. The van der Waals surface area contributed by atoms with Gasteiger partial charge in [-0.15, -0.1) is 11.3 Å². The van der Waals surface area contributed by atoms with Gasteiger partial charge in [0.25, 0.3) is 0 Å². The SMILES string of the molecule is c1ccc(-n2c3ccccc3c3c4c5ncncc5sc4c4c(c5ccccc5n4-c4cccc(-c5ccc6c7ccccc7c7ccccc7c6c5)c4)c32)cc1. The topological polar surface area (TPSA) is 35.6 Å². The highest BCUT2D eigenvalue weighted by molar-refractivity contribution is 7.26. The van der Waals surface area contributed by atoms with Crippen molar-refractivity contribution < 1.29 is 0 Å². The van der Waals surface area contributed by atoms with Crippen LogP contribution in [-0.4, -0.2) is 19.1 Å². The summed E-state index contributed by atoms with van der Waals surface area (Å²) in [6.45, 7) is 0. The van der Waals surface area contributed by atoms with Gasteiger partial charge < -0.3 is 9.13 Å². The molecule has 4 nitrogen and oxygen atoms in total. The van der Waals surface area contributed by atoms with Crippen LogP contribution in [0.4, 0.5) is 0 Å². The summed E-state index contributed by atoms with van der Waals surface area (Å²) in [5, 5.41) is 13.8. The molecule has 57 heavy (non-hydrogen) atoms. The van der Waals surface area contributed by atoms with Crippen molar-refractivity contribution >= 4 is 108 Å². The van der Waals surface area contributed by atoms with Gasteiger partial charge in [0, 0.05) is 44.5 Å². The van der Waals surface area contributed by atoms with Gasteiger partial charge in [0.2, 0.25) is 0 Å². The summed E-state index contributed by atoms with van der Waals surface area (Å²) in [6.07, 6.45) is 3.66. The van der Waals surface area contributed by atoms with Crippen LogP contribution in [0, 0.1) is 0 Å². The van der Waals surface area contributed by atoms with Crippen molar-refractivity contribution in [3.63, 3.8) is 0 Å². The van der Waals surface area contributed by atoms with Crippen LogP contribution in [-0.2, 0) is 0 Å². The minimum Gasteiger partial charge on any atom is -0.309 e. The molecule has 0 aliphatic rings. The molecule has 0 saturated heterocycles. The maximum absolute atomic E-state index is 4.97. The van der Waals surface area contributed by atoms with Crippen LogP contribution in [0.1, 0.15) is 0 Å². The Balaban J connectivity index is 1.16. The van der Waals surface area contributed by atoms with E-state index in [1.54, 1.807) is 17.7 Å². The number of para-hydroxylation sites is 3. The van der Waals surface area contributed by atoms with Crippen LogP contribution >= 0.6 is 11.3 Å². The predicted octanol–water partition coefficient (Wildman–Crippen LogP) is 14.2. The average Bonchev–Trinajstić information content (AvgIpc) is 3.95. The van der Waals surface area contributed by atoms with Crippen LogP contribution < -0.4 is 0 Å². The van der Waals surface area contributed by atoms with E-state index in [2.05, 4.69) is 184 Å². The number of hydrogen-bond acceptors (Lipinski definition) is 3. The van der Waals surface area contributed by atoms with E-state index in [1.165, 1.54) is 97.1 Å². The molecule has 0 spiro atoms. The van der Waals surface area contributed by atoms with Crippen molar-refractivity contribution in [1.29, 1.82) is 0 Å². The summed E-state index contributed by atoms with van der Waals surface area (Å²) in [5.74, 6) is 0. The van der Waals surface area contributed by atoms with E-state index in [0.717, 1.165) is 21.6 Å². The first kappa shape index (κ1) is 30.9. The minimum absolute atomic E-state index is 0.995. The van der Waals surface area contributed by atoms with E-state index in [-0.39, 0.29) is 0 Å². The molecule has 4 aromatic heterocycles. The van der Waals surface area contributed by atoms with E-state index in [0.29, 0.717) is 0 Å². The van der Waals surface area contributed by atoms with Crippen LogP contribution in [0.5, 0.6) is 0 Å². The summed E-state index contributed by atoms with van der Waals surface area (Å²) in [7, 11) is 0. The zero-order valence-corrected chi connectivity index (χ0v) is 31.3. The van der Waals surface area contributed by atoms with Gasteiger partial charge >= 0.3 is 0 Å². The van der Waals surface area contributed by atoms with E-state index in [1.807, 2.05) is 6.20 Å². The Morgan fingerprint density at radius 3 is 1.68 bits per heavy atom. The predicted molar refractivity (Wildman–Crippen MR) is 242 cm³/mol. The molecule has 0 radical (unpaired) electrons. The third-order valence-corrected chi connectivity index (χ3v) is 13.1. The molecule has 0 saturated carbocycles. The highest BCUT2D eigenvalue weighted by atomic mass is 32.1. The monoisotopic (exact) mass is 742 g/mol. The standard InChI is InChI=1S/C52H30N4S/c1-2-14-33(15-3-1)55-43-23-10-8-21-40(43)46-48-49-45(29-53-30-54-49)57-52(48)51-47(50(46)55)41-22-9-11-24-44(41)56(51)34-16-12-13-31(27-34)32-25-26-39-37-19-5-4-17-35(37)36-18-6-7-20-38(36)42(39)28-32/h1-30H. The Bertz CT molecular complexity index is 3780. The van der Waals surface area contributed by atoms with Gasteiger partial charge in [-0.3, -0.25) is 0 Å². The molecule has 0 N–H and O–H groups in total. The number of hydrogen-bond donors (Lipinski definition) is 0. The molecule has 0 amide bonds. The average molecular weight is 743 g/mol. The van der Waals surface area contributed by atoms with Crippen molar-refractivity contribution in [2.75, 3.05) is 0 Å². The maximum Gasteiger partial charge on any atom is 0.116 e. The van der Waals surface area contributed by atoms with Crippen LogP contribution in [0.25, 0.3) is 119 Å². The number of nitrogens with zero attached hydrogens (tertiary/aromatic N) is 4. The summed E-state index contributed by atoms with van der Waals surface area (Å²) in [6, 6.07) is 62.2. The van der Waals surface area contributed by atoms with Gasteiger partial charge in [-0.1, -0.05) is 127 Å². The van der Waals surface area contributed by atoms with Crippen LogP contribution in [0.3, 0.4) is 0 Å². The Hall–Kier alpha value is -7.34. The van der Waals surface area contributed by atoms with Crippen molar-refractivity contribution in [2.45, 2.75) is 0 Å². The van der Waals surface area contributed by atoms with Gasteiger partial charge in [0.1, 0.15) is 6.33 Å². The van der Waals surface area contributed by atoms with Crippen LogP contribution in [0.15, 0.2) is 182 Å². The fourth-order valence-electron chi connectivity index (χ4n) is 9.70. The summed E-state index contributed by atoms with van der Waals surface area (Å²) in [4.78, 5) is 9.47. The fourth-order valence-corrected chi connectivity index (χ4v) is 10.9. The van der Waals surface area contributed by atoms with E-state index < -0.39 is 0 Å². The Kier molecular flexibility index (Phi) is 6.29. The molecule has 0 aliphatic carbocycles. The third-order valence-electron chi connectivity index (χ3n) is 12.0. The number of aromatic nitrogens is 4. The number of thiophene rings is 1. The van der Waals surface area contributed by atoms with E-state index in [9.17, 15) is 0 Å². The maximum atomic E-state index is 4.97. The van der Waals surface area contributed by atoms with Crippen molar-refractivity contribution in [3.05, 3.63) is 182 Å². The van der Waals surface area contributed by atoms with Crippen molar-refractivity contribution in [2.24, 2.45) is 0 Å². The molecule has 0 atom stereocenters. The highest BCUT2D eigenvalue weighted by Gasteiger charge is 2.27. The van der Waals surface area contributed by atoms with Crippen LogP contribution in [0.2, 0.25) is 0 Å². The van der Waals surface area contributed by atoms with E-state index in [4.69, 9.17) is 4.98 Å². The summed E-state index contributed by atoms with van der Waals surface area (Å²) in [5.41, 5.74) is 10.4. The largest absolute Gasteiger partial charge is 0.309 e. The lowest BCUT2D eigenvalue weighted by atomic mass is 9.92. The molecular formula is C52H30N4S. The molecule has 0 unspecified atom stereocenters. The second-order valence-electron chi connectivity index (χ2n) is 14.9. The molecule has 0 bridgehead atoms. The molecule has 0 fully saturated rings. The molecule has 13 aromatic rings. The lowest BCUT2D eigenvalue weighted by Crippen LogP contribution is -1.96. The first-order valence-corrected chi connectivity index (χ1v) is 20.1.